The lowest BCUT2D eigenvalue weighted by Crippen LogP contribution is -2.46. The van der Waals surface area contributed by atoms with Crippen LogP contribution in [-0.4, -0.2) is 67.4 Å². The number of hydrogen-bond donors (Lipinski definition) is 3. The second kappa shape index (κ2) is 9.63. The highest BCUT2D eigenvalue weighted by molar-refractivity contribution is 5.95. The lowest BCUT2D eigenvalue weighted by atomic mass is 9.91. The van der Waals surface area contributed by atoms with Crippen molar-refractivity contribution in [1.29, 1.82) is 0 Å². The number of ether oxygens (including phenoxy) is 1. The van der Waals surface area contributed by atoms with Crippen LogP contribution in [0.1, 0.15) is 33.6 Å². The summed E-state index contributed by atoms with van der Waals surface area (Å²) in [6, 6.07) is -2.10. The van der Waals surface area contributed by atoms with Gasteiger partial charge < -0.3 is 30.8 Å². The molecule has 0 aromatic rings. The van der Waals surface area contributed by atoms with Crippen LogP contribution in [0.5, 0.6) is 0 Å². The SMILES string of the molecule is CN[C@H](C=O)CC(C)NC(=O)OC(=O)N(C)[C@H]1C[C@H](C(C)C)C(N)C1=O. The summed E-state index contributed by atoms with van der Waals surface area (Å²) in [5.74, 6) is -0.0244. The number of nitrogens with two attached hydrogens (primary N) is 1. The lowest BCUT2D eigenvalue weighted by Gasteiger charge is -2.23. The third-order valence-electron chi connectivity index (χ3n) is 4.91. The average Bonchev–Trinajstić information content (AvgIpc) is 2.87. The normalized spacial score (nSPS) is 24.9. The van der Waals surface area contributed by atoms with Gasteiger partial charge in [0.1, 0.15) is 6.29 Å². The molecule has 9 heteroatoms. The van der Waals surface area contributed by atoms with Crippen LogP contribution in [0.25, 0.3) is 0 Å². The van der Waals surface area contributed by atoms with Gasteiger partial charge in [-0.15, -0.1) is 0 Å². The van der Waals surface area contributed by atoms with Gasteiger partial charge in [-0.3, -0.25) is 4.79 Å². The van der Waals surface area contributed by atoms with Gasteiger partial charge in [-0.1, -0.05) is 13.8 Å². The number of Topliss-reactive ketones (excluding diaryl/α,β-unsaturated/α-hetero) is 1. The number of likely N-dealkylation sites (N-methyl/N-ethyl adjacent to an activating group) is 2. The number of nitrogens with one attached hydrogen (secondary N) is 2. The molecule has 0 heterocycles. The third-order valence-corrected chi connectivity index (χ3v) is 4.91. The Labute approximate surface area is 154 Å². The van der Waals surface area contributed by atoms with E-state index in [0.717, 1.165) is 11.2 Å². The fourth-order valence-electron chi connectivity index (χ4n) is 3.18. The Morgan fingerprint density at radius 3 is 2.46 bits per heavy atom. The molecule has 0 aliphatic heterocycles. The number of amides is 2. The number of carbonyl (C=O) groups excluding carboxylic acids is 4. The Bertz CT molecular complexity index is 539. The topological polar surface area (TPSA) is 131 Å². The van der Waals surface area contributed by atoms with E-state index >= 15 is 0 Å². The first-order chi connectivity index (χ1) is 12.1. The molecule has 1 fully saturated rings. The first kappa shape index (κ1) is 22.0. The van der Waals surface area contributed by atoms with Crippen molar-refractivity contribution in [2.75, 3.05) is 14.1 Å². The van der Waals surface area contributed by atoms with E-state index in [4.69, 9.17) is 10.5 Å². The van der Waals surface area contributed by atoms with Gasteiger partial charge in [-0.2, -0.15) is 0 Å². The first-order valence-electron chi connectivity index (χ1n) is 8.79. The minimum Gasteiger partial charge on any atom is -0.359 e. The molecule has 0 bridgehead atoms. The smallest absolute Gasteiger partial charge is 0.359 e. The van der Waals surface area contributed by atoms with Gasteiger partial charge in [-0.25, -0.2) is 9.59 Å². The fourth-order valence-corrected chi connectivity index (χ4v) is 3.18. The molecular formula is C17H30N4O5. The van der Waals surface area contributed by atoms with Gasteiger partial charge in [0.25, 0.3) is 0 Å². The summed E-state index contributed by atoms with van der Waals surface area (Å²) >= 11 is 0. The molecule has 1 saturated carbocycles. The molecular weight excluding hydrogens is 340 g/mol. The molecule has 0 spiro atoms. The largest absolute Gasteiger partial charge is 0.419 e. The predicted molar refractivity (Wildman–Crippen MR) is 95.5 cm³/mol. The summed E-state index contributed by atoms with van der Waals surface area (Å²) in [6.07, 6.45) is -0.298. The summed E-state index contributed by atoms with van der Waals surface area (Å²) in [5.41, 5.74) is 5.95. The zero-order valence-electron chi connectivity index (χ0n) is 16.0. The number of ketones is 1. The molecule has 2 amide bonds. The second-order valence-corrected chi connectivity index (χ2v) is 7.17. The summed E-state index contributed by atoms with van der Waals surface area (Å²) in [5, 5.41) is 5.27. The number of carbonyl (C=O) groups is 4. The molecule has 5 atom stereocenters. The van der Waals surface area contributed by atoms with Crippen LogP contribution < -0.4 is 16.4 Å². The van der Waals surface area contributed by atoms with Gasteiger partial charge in [0.05, 0.1) is 18.1 Å². The quantitative estimate of drug-likeness (QED) is 0.433. The van der Waals surface area contributed by atoms with Crippen molar-refractivity contribution in [3.05, 3.63) is 0 Å². The molecule has 0 aromatic heterocycles. The molecule has 9 nitrogen and oxygen atoms in total. The van der Waals surface area contributed by atoms with E-state index in [9.17, 15) is 19.2 Å². The van der Waals surface area contributed by atoms with Crippen LogP contribution in [0.2, 0.25) is 0 Å². The standard InChI is InChI=1S/C17H30N4O5/c1-9(2)12-7-13(15(23)14(12)18)21(5)17(25)26-16(24)20-10(3)6-11(8-22)19-4/h8-14,19H,6-7,18H2,1-5H3,(H,20,24)/t10?,11-,12+,13-,14?/m0/s1. The van der Waals surface area contributed by atoms with Gasteiger partial charge in [0.2, 0.25) is 0 Å². The molecule has 0 saturated heterocycles. The number of alkyl carbamates (subject to hydrolysis) is 1. The zero-order valence-corrected chi connectivity index (χ0v) is 16.0. The summed E-state index contributed by atoms with van der Waals surface area (Å²) in [6.45, 7) is 5.65. The summed E-state index contributed by atoms with van der Waals surface area (Å²) < 4.78 is 4.76. The number of rotatable bonds is 7. The van der Waals surface area contributed by atoms with Crippen molar-refractivity contribution >= 4 is 24.3 Å². The highest BCUT2D eigenvalue weighted by atomic mass is 16.6. The number of aldehydes is 1. The second-order valence-electron chi connectivity index (χ2n) is 7.17. The molecule has 26 heavy (non-hydrogen) atoms. The summed E-state index contributed by atoms with van der Waals surface area (Å²) in [4.78, 5) is 48.2. The van der Waals surface area contributed by atoms with E-state index in [1.54, 1.807) is 14.0 Å². The molecule has 1 aliphatic carbocycles. The third kappa shape index (κ3) is 5.50. The Kier molecular flexibility index (Phi) is 8.16. The van der Waals surface area contributed by atoms with Crippen molar-refractivity contribution < 1.29 is 23.9 Å². The Morgan fingerprint density at radius 1 is 1.38 bits per heavy atom. The predicted octanol–water partition coefficient (Wildman–Crippen LogP) is 0.271. The van der Waals surface area contributed by atoms with E-state index < -0.39 is 30.3 Å². The van der Waals surface area contributed by atoms with Gasteiger partial charge in [0, 0.05) is 13.1 Å². The highest BCUT2D eigenvalue weighted by Crippen LogP contribution is 2.31. The first-order valence-corrected chi connectivity index (χ1v) is 8.79. The molecule has 0 radical (unpaired) electrons. The fraction of sp³-hybridized carbons (Fsp3) is 0.765. The van der Waals surface area contributed by atoms with Crippen LogP contribution >= 0.6 is 0 Å². The van der Waals surface area contributed by atoms with Crippen LogP contribution in [0.15, 0.2) is 0 Å². The zero-order chi connectivity index (χ0) is 20.0. The molecule has 148 valence electrons. The molecule has 1 aliphatic rings. The number of hydrogen-bond acceptors (Lipinski definition) is 7. The maximum atomic E-state index is 12.3. The average molecular weight is 370 g/mol. The summed E-state index contributed by atoms with van der Waals surface area (Å²) in [7, 11) is 3.05. The van der Waals surface area contributed by atoms with E-state index in [-0.39, 0.29) is 23.7 Å². The monoisotopic (exact) mass is 370 g/mol. The molecule has 0 aromatic carbocycles. The minimum absolute atomic E-state index is 0.0154. The van der Waals surface area contributed by atoms with Crippen molar-refractivity contribution in [2.45, 2.75) is 57.8 Å². The Hall–Kier alpha value is -2.00. The maximum absolute atomic E-state index is 12.3. The van der Waals surface area contributed by atoms with E-state index in [1.165, 1.54) is 7.05 Å². The van der Waals surface area contributed by atoms with E-state index in [0.29, 0.717) is 12.8 Å². The van der Waals surface area contributed by atoms with Crippen LogP contribution in [-0.2, 0) is 14.3 Å². The lowest BCUT2D eigenvalue weighted by molar-refractivity contribution is -0.122. The maximum Gasteiger partial charge on any atom is 0.419 e. The van der Waals surface area contributed by atoms with Crippen LogP contribution in [0, 0.1) is 11.8 Å². The molecule has 4 N–H and O–H groups in total. The van der Waals surface area contributed by atoms with Crippen molar-refractivity contribution in [2.24, 2.45) is 17.6 Å². The van der Waals surface area contributed by atoms with Crippen LogP contribution in [0.4, 0.5) is 9.59 Å². The number of nitrogens with zero attached hydrogens (tertiary/aromatic N) is 1. The van der Waals surface area contributed by atoms with E-state index in [2.05, 4.69) is 10.6 Å². The minimum atomic E-state index is -0.926. The Morgan fingerprint density at radius 2 is 2.00 bits per heavy atom. The van der Waals surface area contributed by atoms with Crippen molar-refractivity contribution in [3.63, 3.8) is 0 Å². The molecule has 1 rings (SSSR count). The molecule has 2 unspecified atom stereocenters. The van der Waals surface area contributed by atoms with Crippen molar-refractivity contribution in [3.8, 4) is 0 Å². The van der Waals surface area contributed by atoms with Gasteiger partial charge in [-0.05, 0) is 38.6 Å². The Balaban J connectivity index is 2.57. The van der Waals surface area contributed by atoms with E-state index in [1.807, 2.05) is 13.8 Å². The van der Waals surface area contributed by atoms with Gasteiger partial charge in [0.15, 0.2) is 5.78 Å². The highest BCUT2D eigenvalue weighted by Gasteiger charge is 2.44. The van der Waals surface area contributed by atoms with Crippen LogP contribution in [0.3, 0.4) is 0 Å². The van der Waals surface area contributed by atoms with Crippen molar-refractivity contribution in [1.82, 2.24) is 15.5 Å². The van der Waals surface area contributed by atoms with Gasteiger partial charge >= 0.3 is 12.2 Å².